The molecule has 6 aromatic rings. The van der Waals surface area contributed by atoms with E-state index in [4.69, 9.17) is 11.6 Å². The van der Waals surface area contributed by atoms with Crippen LogP contribution in [0.4, 0.5) is 39.9 Å². The van der Waals surface area contributed by atoms with Crippen molar-refractivity contribution in [2.75, 3.05) is 9.80 Å². The van der Waals surface area contributed by atoms with Gasteiger partial charge in [-0.2, -0.15) is 0 Å². The summed E-state index contributed by atoms with van der Waals surface area (Å²) in [5.41, 5.74) is 35.7. The van der Waals surface area contributed by atoms with Crippen LogP contribution in [0.15, 0.2) is 36.5 Å². The molecule has 1 aromatic heterocycles. The van der Waals surface area contributed by atoms with Crippen molar-refractivity contribution in [3.8, 4) is 11.1 Å². The van der Waals surface area contributed by atoms with Gasteiger partial charge in [-0.1, -0.05) is 18.2 Å². The van der Waals surface area contributed by atoms with Crippen LogP contribution in [0.2, 0.25) is 0 Å². The van der Waals surface area contributed by atoms with Gasteiger partial charge in [0.1, 0.15) is 5.82 Å². The van der Waals surface area contributed by atoms with Gasteiger partial charge in [-0.25, -0.2) is 9.83 Å². The van der Waals surface area contributed by atoms with E-state index < -0.39 is 0 Å². The predicted molar refractivity (Wildman–Crippen MR) is 247 cm³/mol. The Kier molecular flexibility index (Phi) is 9.28. The lowest BCUT2D eigenvalue weighted by Gasteiger charge is -2.41. The molecule has 58 heavy (non-hydrogen) atoms. The summed E-state index contributed by atoms with van der Waals surface area (Å²) in [6.45, 7) is 44.7. The second kappa shape index (κ2) is 13.7. The third-order valence-corrected chi connectivity index (χ3v) is 15.4. The largest absolute Gasteiger partial charge is 0.307 e. The molecule has 2 aliphatic heterocycles. The lowest BCUT2D eigenvalue weighted by molar-refractivity contribution is 0.979. The molecule has 4 heteroatoms. The zero-order chi connectivity index (χ0) is 42.0. The molecule has 0 radical (unpaired) electrons. The minimum absolute atomic E-state index is 0.627. The van der Waals surface area contributed by atoms with Crippen LogP contribution in [0.1, 0.15) is 111 Å². The van der Waals surface area contributed by atoms with Gasteiger partial charge in [0.05, 0.1) is 41.2 Å². The molecule has 294 valence electrons. The van der Waals surface area contributed by atoms with Crippen molar-refractivity contribution in [2.24, 2.45) is 0 Å². The minimum atomic E-state index is 0.627. The molecule has 8 rings (SSSR count). The maximum Gasteiger partial charge on any atom is 0.187 e. The molecule has 0 atom stereocenters. The van der Waals surface area contributed by atoms with Crippen molar-refractivity contribution >= 4 is 39.9 Å². The van der Waals surface area contributed by atoms with E-state index in [9.17, 15) is 0 Å². The Morgan fingerprint density at radius 2 is 0.810 bits per heavy atom. The Hall–Kier alpha value is -5.66. The fourth-order valence-electron chi connectivity index (χ4n) is 10.3. The summed E-state index contributed by atoms with van der Waals surface area (Å²) < 4.78 is 0. The van der Waals surface area contributed by atoms with E-state index in [0.717, 1.165) is 35.5 Å². The molecule has 0 bridgehead atoms. The number of fused-ring (bicyclic) bond motifs is 4. The smallest absolute Gasteiger partial charge is 0.187 e. The van der Waals surface area contributed by atoms with Crippen LogP contribution in [0, 0.1) is 117 Å². The van der Waals surface area contributed by atoms with Gasteiger partial charge < -0.3 is 4.90 Å². The van der Waals surface area contributed by atoms with Gasteiger partial charge in [0, 0.05) is 18.4 Å². The van der Waals surface area contributed by atoms with E-state index in [0.29, 0.717) is 5.69 Å². The van der Waals surface area contributed by atoms with Crippen LogP contribution >= 0.6 is 0 Å². The first-order valence-corrected chi connectivity index (χ1v) is 20.9. The highest BCUT2D eigenvalue weighted by Gasteiger charge is 2.36. The van der Waals surface area contributed by atoms with Crippen LogP contribution in [-0.2, 0) is 12.8 Å². The Balaban J connectivity index is 1.53. The Morgan fingerprint density at radius 1 is 0.448 bits per heavy atom. The second-order valence-electron chi connectivity index (χ2n) is 17.6. The lowest BCUT2D eigenvalue weighted by atomic mass is 9.80. The average molecular weight is 763 g/mol. The van der Waals surface area contributed by atoms with Gasteiger partial charge in [-0.15, -0.1) is 0 Å². The number of nitrogens with zero attached hydrogens (tertiary/aromatic N) is 4. The maximum atomic E-state index is 8.06. The molecule has 0 N–H and O–H groups in total. The van der Waals surface area contributed by atoms with Gasteiger partial charge in [0.15, 0.2) is 5.69 Å². The first-order valence-electron chi connectivity index (χ1n) is 20.9. The second-order valence-corrected chi connectivity index (χ2v) is 17.6. The molecule has 0 saturated carbocycles. The number of hydrogen-bond acceptors (Lipinski definition) is 3. The predicted octanol–water partition coefficient (Wildman–Crippen LogP) is 15.0. The molecule has 3 heterocycles. The summed E-state index contributed by atoms with van der Waals surface area (Å²) in [5, 5.41) is 0. The van der Waals surface area contributed by atoms with E-state index in [1.807, 2.05) is 12.1 Å². The molecular weight excluding hydrogens is 705 g/mol. The van der Waals surface area contributed by atoms with Crippen LogP contribution in [0.3, 0.4) is 0 Å². The summed E-state index contributed by atoms with van der Waals surface area (Å²) in [6.07, 6.45) is 3.94. The van der Waals surface area contributed by atoms with Crippen molar-refractivity contribution in [2.45, 2.75) is 124 Å². The van der Waals surface area contributed by atoms with Crippen LogP contribution in [-0.4, -0.2) is 4.98 Å². The van der Waals surface area contributed by atoms with Crippen molar-refractivity contribution in [1.82, 2.24) is 4.98 Å². The third-order valence-electron chi connectivity index (χ3n) is 15.4. The normalized spacial score (nSPS) is 12.9. The molecule has 0 fully saturated rings. The lowest BCUT2D eigenvalue weighted by Crippen LogP contribution is -2.26. The molecular formula is C54H58N4. The summed E-state index contributed by atoms with van der Waals surface area (Å²) >= 11 is 0. The zero-order valence-electron chi connectivity index (χ0n) is 37.7. The first-order chi connectivity index (χ1) is 27.4. The summed E-state index contributed by atoms with van der Waals surface area (Å²) in [5.74, 6) is 0.893. The van der Waals surface area contributed by atoms with Crippen molar-refractivity contribution < 1.29 is 0 Å². The molecule has 2 aliphatic rings. The van der Waals surface area contributed by atoms with Gasteiger partial charge >= 0.3 is 0 Å². The molecule has 4 nitrogen and oxygen atoms in total. The Labute approximate surface area is 347 Å². The third kappa shape index (κ3) is 5.35. The number of pyridine rings is 1. The standard InChI is InChI=1S/C54H58N4/c1-26-30(5)38(13)51-44(34(26)9)22-45-35(10)27(2)31(6)39(14)52(45)57(51)49-25-56-50(24-48(49)42-19-18-20-43(21-42)55-17)58-53-40(15)32(7)28(3)36(11)46(53)23-47-37(12)29(4)33(8)41(16)54(47)58/h18-21,24-25H,22-23H2,1-16H3. The Morgan fingerprint density at radius 3 is 1.19 bits per heavy atom. The molecule has 0 saturated heterocycles. The number of benzene rings is 5. The summed E-state index contributed by atoms with van der Waals surface area (Å²) in [6, 6.07) is 10.5. The van der Waals surface area contributed by atoms with E-state index >= 15 is 0 Å². The fourth-order valence-corrected chi connectivity index (χ4v) is 10.3. The molecule has 0 aliphatic carbocycles. The van der Waals surface area contributed by atoms with Crippen LogP contribution in [0.25, 0.3) is 16.0 Å². The van der Waals surface area contributed by atoms with Gasteiger partial charge in [-0.05, 0) is 240 Å². The highest BCUT2D eigenvalue weighted by Crippen LogP contribution is 2.56. The molecule has 0 amide bonds. The van der Waals surface area contributed by atoms with Crippen LogP contribution < -0.4 is 9.80 Å². The van der Waals surface area contributed by atoms with Gasteiger partial charge in [-0.3, -0.25) is 4.90 Å². The van der Waals surface area contributed by atoms with Gasteiger partial charge in [0.2, 0.25) is 0 Å². The van der Waals surface area contributed by atoms with Crippen molar-refractivity contribution in [3.63, 3.8) is 0 Å². The Bertz CT molecular complexity index is 2720. The highest BCUT2D eigenvalue weighted by molar-refractivity contribution is 5.97. The molecule has 5 aromatic carbocycles. The monoisotopic (exact) mass is 762 g/mol. The maximum absolute atomic E-state index is 8.06. The average Bonchev–Trinajstić information content (AvgIpc) is 3.24. The van der Waals surface area contributed by atoms with Crippen molar-refractivity contribution in [3.05, 3.63) is 159 Å². The zero-order valence-corrected chi connectivity index (χ0v) is 37.7. The molecule has 0 spiro atoms. The number of aromatic nitrogens is 1. The summed E-state index contributed by atoms with van der Waals surface area (Å²) in [4.78, 5) is 14.6. The number of rotatable bonds is 3. The fraction of sp³-hybridized carbons (Fsp3) is 0.333. The van der Waals surface area contributed by atoms with Crippen LogP contribution in [0.5, 0.6) is 0 Å². The first kappa shape index (κ1) is 39.2. The number of anilines is 6. The van der Waals surface area contributed by atoms with E-state index in [1.54, 1.807) is 0 Å². The van der Waals surface area contributed by atoms with E-state index in [1.165, 1.54) is 134 Å². The molecule has 0 unspecified atom stereocenters. The highest BCUT2D eigenvalue weighted by atomic mass is 15.2. The summed E-state index contributed by atoms with van der Waals surface area (Å²) in [7, 11) is 0. The van der Waals surface area contributed by atoms with E-state index in [2.05, 4.69) is 150 Å². The van der Waals surface area contributed by atoms with Gasteiger partial charge in [0.25, 0.3) is 0 Å². The van der Waals surface area contributed by atoms with E-state index in [-0.39, 0.29) is 0 Å². The minimum Gasteiger partial charge on any atom is -0.307 e. The van der Waals surface area contributed by atoms with Crippen molar-refractivity contribution in [1.29, 1.82) is 0 Å². The SMILES string of the molecule is [C-]#[N+]c1cccc(-c2cc(N3c4c(C)c(C)c(C)c(C)c4Cc4c(C)c(C)c(C)c(C)c43)ncc2N2c3c(C)c(C)c(C)c(C)c3Cc3c(C)c(C)c(C)c(C)c32)c1. The quantitative estimate of drug-likeness (QED) is 0.168. The number of hydrogen-bond donors (Lipinski definition) is 0. The topological polar surface area (TPSA) is 23.7 Å².